The molecule has 0 aromatic heterocycles. The summed E-state index contributed by atoms with van der Waals surface area (Å²) in [5.74, 6) is 0.213. The van der Waals surface area contributed by atoms with Crippen LogP contribution in [0, 0.1) is 5.92 Å². The van der Waals surface area contributed by atoms with Crippen LogP contribution in [0.25, 0.3) is 0 Å². The highest BCUT2D eigenvalue weighted by molar-refractivity contribution is 5.59. The van der Waals surface area contributed by atoms with E-state index in [9.17, 15) is 4.79 Å². The van der Waals surface area contributed by atoms with Crippen molar-refractivity contribution in [3.63, 3.8) is 0 Å². The molecule has 0 unspecified atom stereocenters. The second-order valence-corrected chi connectivity index (χ2v) is 3.84. The standard InChI is InChI=1S/C10H18O5/c1-6-7-12-9(11)13-15-14-10(4,5)8(2)3/h6,8H,1,7H2,2-5H3. The van der Waals surface area contributed by atoms with Gasteiger partial charge in [-0.15, -0.1) is 0 Å². The van der Waals surface area contributed by atoms with Gasteiger partial charge in [0.25, 0.3) is 0 Å². The maximum absolute atomic E-state index is 10.8. The fraction of sp³-hybridized carbons (Fsp3) is 0.700. The lowest BCUT2D eigenvalue weighted by atomic mass is 9.95. The molecular formula is C10H18O5. The Bertz CT molecular complexity index is 210. The molecule has 0 fully saturated rings. The molecule has 0 saturated carbocycles. The number of hydrogen-bond acceptors (Lipinski definition) is 5. The van der Waals surface area contributed by atoms with Gasteiger partial charge in [-0.05, 0) is 24.8 Å². The van der Waals surface area contributed by atoms with E-state index >= 15 is 0 Å². The van der Waals surface area contributed by atoms with Crippen LogP contribution in [-0.4, -0.2) is 18.4 Å². The second-order valence-electron chi connectivity index (χ2n) is 3.84. The van der Waals surface area contributed by atoms with Crippen LogP contribution in [0.3, 0.4) is 0 Å². The lowest BCUT2D eigenvalue weighted by Gasteiger charge is -2.25. The van der Waals surface area contributed by atoms with Crippen LogP contribution in [-0.2, 0) is 19.6 Å². The smallest absolute Gasteiger partial charge is 0.428 e. The molecule has 0 N–H and O–H groups in total. The molecule has 0 heterocycles. The fourth-order valence-electron chi connectivity index (χ4n) is 0.380. The Balaban J connectivity index is 3.69. The summed E-state index contributed by atoms with van der Waals surface area (Å²) in [5.41, 5.74) is -0.543. The highest BCUT2D eigenvalue weighted by Gasteiger charge is 2.25. The molecular weight excluding hydrogens is 200 g/mol. The normalized spacial score (nSPS) is 11.3. The molecule has 0 aliphatic rings. The molecule has 0 aliphatic carbocycles. The first-order chi connectivity index (χ1) is 6.90. The molecule has 0 aliphatic heterocycles. The maximum Gasteiger partial charge on any atom is 0.542 e. The topological polar surface area (TPSA) is 54.0 Å². The van der Waals surface area contributed by atoms with Crippen molar-refractivity contribution in [1.29, 1.82) is 0 Å². The van der Waals surface area contributed by atoms with E-state index in [-0.39, 0.29) is 12.5 Å². The summed E-state index contributed by atoms with van der Waals surface area (Å²) in [4.78, 5) is 19.9. The van der Waals surface area contributed by atoms with Crippen LogP contribution < -0.4 is 0 Å². The minimum absolute atomic E-state index is 0.0652. The van der Waals surface area contributed by atoms with Gasteiger partial charge in [-0.25, -0.2) is 9.68 Å². The number of carbonyl (C=O) groups excluding carboxylic acids is 1. The van der Waals surface area contributed by atoms with Gasteiger partial charge in [-0.3, -0.25) is 0 Å². The molecule has 0 amide bonds. The van der Waals surface area contributed by atoms with Gasteiger partial charge >= 0.3 is 6.16 Å². The number of carbonyl (C=O) groups is 1. The van der Waals surface area contributed by atoms with E-state index in [1.165, 1.54) is 6.08 Å². The summed E-state index contributed by atoms with van der Waals surface area (Å²) in [7, 11) is 0. The Kier molecular flexibility index (Phi) is 5.96. The summed E-state index contributed by atoms with van der Waals surface area (Å²) in [5, 5.41) is 4.31. The van der Waals surface area contributed by atoms with Crippen LogP contribution >= 0.6 is 0 Å². The third kappa shape index (κ3) is 6.09. The molecule has 0 atom stereocenters. The lowest BCUT2D eigenvalue weighted by Crippen LogP contribution is -2.31. The van der Waals surface area contributed by atoms with Crippen molar-refractivity contribution in [3.8, 4) is 0 Å². The first kappa shape index (κ1) is 13.9. The molecule has 0 radical (unpaired) electrons. The molecule has 0 saturated heterocycles. The first-order valence-corrected chi connectivity index (χ1v) is 4.70. The zero-order chi connectivity index (χ0) is 11.9. The second kappa shape index (κ2) is 6.42. The van der Waals surface area contributed by atoms with Gasteiger partial charge in [0, 0.05) is 0 Å². The van der Waals surface area contributed by atoms with Crippen molar-refractivity contribution in [2.75, 3.05) is 6.61 Å². The molecule has 0 bridgehead atoms. The predicted molar refractivity (Wildman–Crippen MR) is 53.7 cm³/mol. The Morgan fingerprint density at radius 1 is 1.47 bits per heavy atom. The first-order valence-electron chi connectivity index (χ1n) is 4.70. The van der Waals surface area contributed by atoms with Crippen molar-refractivity contribution < 1.29 is 24.3 Å². The average molecular weight is 218 g/mol. The van der Waals surface area contributed by atoms with E-state index < -0.39 is 11.8 Å². The quantitative estimate of drug-likeness (QED) is 0.297. The minimum Gasteiger partial charge on any atom is -0.428 e. The van der Waals surface area contributed by atoms with Crippen LogP contribution in [0.2, 0.25) is 0 Å². The van der Waals surface area contributed by atoms with Crippen molar-refractivity contribution >= 4 is 6.16 Å². The summed E-state index contributed by atoms with van der Waals surface area (Å²) in [6, 6.07) is 0. The van der Waals surface area contributed by atoms with Crippen molar-refractivity contribution in [2.45, 2.75) is 33.3 Å². The third-order valence-electron chi connectivity index (χ3n) is 2.06. The SMILES string of the molecule is C=CCOC(=O)OOOC(C)(C)C(C)C. The molecule has 0 rings (SSSR count). The van der Waals surface area contributed by atoms with Crippen LogP contribution in [0.1, 0.15) is 27.7 Å². The molecule has 0 spiro atoms. The number of ether oxygens (including phenoxy) is 1. The van der Waals surface area contributed by atoms with Crippen LogP contribution in [0.5, 0.6) is 0 Å². The molecule has 0 aromatic carbocycles. The number of hydrogen-bond donors (Lipinski definition) is 0. The fourth-order valence-corrected chi connectivity index (χ4v) is 0.380. The van der Waals surface area contributed by atoms with Crippen molar-refractivity contribution in [2.24, 2.45) is 5.92 Å². The van der Waals surface area contributed by atoms with Crippen LogP contribution in [0.4, 0.5) is 4.79 Å². The summed E-state index contributed by atoms with van der Waals surface area (Å²) >= 11 is 0. The van der Waals surface area contributed by atoms with Gasteiger partial charge in [0.2, 0.25) is 0 Å². The van der Waals surface area contributed by atoms with Gasteiger partial charge < -0.3 is 4.74 Å². The van der Waals surface area contributed by atoms with E-state index in [1.807, 2.05) is 27.7 Å². The van der Waals surface area contributed by atoms with Gasteiger partial charge in [0.05, 0.1) is 0 Å². The average Bonchev–Trinajstić information content (AvgIpc) is 2.14. The summed E-state index contributed by atoms with van der Waals surface area (Å²) < 4.78 is 4.48. The zero-order valence-electron chi connectivity index (χ0n) is 9.61. The van der Waals surface area contributed by atoms with Gasteiger partial charge in [0.15, 0.2) is 0 Å². The minimum atomic E-state index is -0.963. The predicted octanol–water partition coefficient (Wildman–Crippen LogP) is 2.62. The lowest BCUT2D eigenvalue weighted by molar-refractivity contribution is -0.520. The van der Waals surface area contributed by atoms with Crippen molar-refractivity contribution in [1.82, 2.24) is 0 Å². The van der Waals surface area contributed by atoms with Gasteiger partial charge in [-0.1, -0.05) is 26.5 Å². The van der Waals surface area contributed by atoms with E-state index in [0.717, 1.165) is 0 Å². The Morgan fingerprint density at radius 2 is 2.07 bits per heavy atom. The van der Waals surface area contributed by atoms with Crippen molar-refractivity contribution in [3.05, 3.63) is 12.7 Å². The number of rotatable bonds is 6. The van der Waals surface area contributed by atoms with E-state index in [4.69, 9.17) is 4.89 Å². The van der Waals surface area contributed by atoms with Gasteiger partial charge in [-0.2, -0.15) is 4.89 Å². The molecule has 88 valence electrons. The summed E-state index contributed by atoms with van der Waals surface area (Å²) in [6.07, 6.45) is 0.453. The third-order valence-corrected chi connectivity index (χ3v) is 2.06. The summed E-state index contributed by atoms with van der Waals surface area (Å²) in [6.45, 7) is 11.0. The van der Waals surface area contributed by atoms with Crippen LogP contribution in [0.15, 0.2) is 12.7 Å². The van der Waals surface area contributed by atoms with E-state index in [0.29, 0.717) is 0 Å². The molecule has 0 aromatic rings. The van der Waals surface area contributed by atoms with E-state index in [2.05, 4.69) is 21.2 Å². The molecule has 5 heteroatoms. The Labute approximate surface area is 89.8 Å². The highest BCUT2D eigenvalue weighted by atomic mass is 17.5. The monoisotopic (exact) mass is 218 g/mol. The zero-order valence-corrected chi connectivity index (χ0v) is 9.61. The van der Waals surface area contributed by atoms with E-state index in [1.54, 1.807) is 0 Å². The maximum atomic E-state index is 10.8. The Hall–Kier alpha value is -1.07. The highest BCUT2D eigenvalue weighted by Crippen LogP contribution is 2.20. The Morgan fingerprint density at radius 3 is 2.53 bits per heavy atom. The molecule has 5 nitrogen and oxygen atoms in total. The van der Waals surface area contributed by atoms with Gasteiger partial charge in [0.1, 0.15) is 12.2 Å². The molecule has 15 heavy (non-hydrogen) atoms. The largest absolute Gasteiger partial charge is 0.542 e.